The molecule has 140 valence electrons. The van der Waals surface area contributed by atoms with Crippen molar-refractivity contribution in [1.82, 2.24) is 35.1 Å². The number of benzene rings is 2. The molecule has 0 saturated carbocycles. The van der Waals surface area contributed by atoms with Crippen LogP contribution in [0.15, 0.2) is 47.2 Å². The van der Waals surface area contributed by atoms with Gasteiger partial charge in [-0.25, -0.2) is 9.67 Å². The summed E-state index contributed by atoms with van der Waals surface area (Å²) in [4.78, 5) is 11.8. The lowest BCUT2D eigenvalue weighted by atomic mass is 10.1. The topological polar surface area (TPSA) is 119 Å². The first-order valence-electron chi connectivity index (χ1n) is 8.79. The van der Waals surface area contributed by atoms with Crippen LogP contribution >= 0.6 is 0 Å². The maximum Gasteiger partial charge on any atom is 0.258 e. The third-order valence-electron chi connectivity index (χ3n) is 4.40. The largest absolute Gasteiger partial charge is 0.389 e. The van der Waals surface area contributed by atoms with Crippen LogP contribution in [-0.4, -0.2) is 45.8 Å². The van der Waals surface area contributed by atoms with E-state index in [9.17, 15) is 5.11 Å². The number of rotatable bonds is 4. The molecule has 5 aromatic rings. The highest BCUT2D eigenvalue weighted by atomic mass is 16.5. The average molecular weight is 375 g/mol. The summed E-state index contributed by atoms with van der Waals surface area (Å²) in [7, 11) is 0. The minimum absolute atomic E-state index is 0.351. The van der Waals surface area contributed by atoms with Gasteiger partial charge in [-0.2, -0.15) is 4.98 Å². The molecule has 2 N–H and O–H groups in total. The van der Waals surface area contributed by atoms with Crippen LogP contribution in [-0.2, 0) is 6.54 Å². The summed E-state index contributed by atoms with van der Waals surface area (Å²) in [5, 5.41) is 22.4. The van der Waals surface area contributed by atoms with Crippen LogP contribution in [0, 0.1) is 0 Å². The lowest BCUT2D eigenvalue weighted by Gasteiger charge is -2.16. The van der Waals surface area contributed by atoms with Gasteiger partial charge in [0.05, 0.1) is 35.0 Å². The van der Waals surface area contributed by atoms with Crippen LogP contribution in [0.4, 0.5) is 0 Å². The van der Waals surface area contributed by atoms with E-state index in [1.807, 2.05) is 36.4 Å². The van der Waals surface area contributed by atoms with Gasteiger partial charge in [0, 0.05) is 11.1 Å². The highest BCUT2D eigenvalue weighted by Crippen LogP contribution is 2.26. The fourth-order valence-corrected chi connectivity index (χ4v) is 3.12. The second-order valence-electron chi connectivity index (χ2n) is 7.32. The van der Waals surface area contributed by atoms with Gasteiger partial charge in [0.1, 0.15) is 5.52 Å². The molecule has 0 aliphatic rings. The number of hydrogen-bond acceptors (Lipinski definition) is 7. The predicted molar refractivity (Wildman–Crippen MR) is 102 cm³/mol. The van der Waals surface area contributed by atoms with Gasteiger partial charge in [-0.15, -0.1) is 5.10 Å². The summed E-state index contributed by atoms with van der Waals surface area (Å²) in [5.74, 6) is 0.899. The Balaban J connectivity index is 1.49. The van der Waals surface area contributed by atoms with Gasteiger partial charge in [-0.1, -0.05) is 10.4 Å². The summed E-state index contributed by atoms with van der Waals surface area (Å²) in [6.45, 7) is 3.81. The molecule has 3 heterocycles. The quantitative estimate of drug-likeness (QED) is 0.496. The first-order chi connectivity index (χ1) is 13.5. The number of aromatic amines is 1. The van der Waals surface area contributed by atoms with Gasteiger partial charge in [-0.05, 0) is 50.2 Å². The molecule has 0 spiro atoms. The molecule has 2 aromatic carbocycles. The standard InChI is InChI=1S/C19H17N7O2/c1-19(2,27)9-26-16-6-4-12(8-15(16)23-25-26)18-22-17(24-28-18)11-3-5-13-14(7-11)21-10-20-13/h3-8,10,27H,9H2,1-2H3,(H,20,21). The van der Waals surface area contributed by atoms with Crippen LogP contribution in [0.1, 0.15) is 13.8 Å². The van der Waals surface area contributed by atoms with E-state index in [2.05, 4.69) is 30.4 Å². The second kappa shape index (κ2) is 5.96. The summed E-state index contributed by atoms with van der Waals surface area (Å²) in [5.41, 5.74) is 4.03. The molecular formula is C19H17N7O2. The van der Waals surface area contributed by atoms with E-state index in [-0.39, 0.29) is 0 Å². The molecule has 0 bridgehead atoms. The molecule has 0 unspecified atom stereocenters. The summed E-state index contributed by atoms with van der Waals surface area (Å²) < 4.78 is 7.13. The molecule has 0 saturated heterocycles. The molecule has 9 nitrogen and oxygen atoms in total. The monoisotopic (exact) mass is 375 g/mol. The van der Waals surface area contributed by atoms with Gasteiger partial charge in [0.2, 0.25) is 5.82 Å². The fraction of sp³-hybridized carbons (Fsp3) is 0.211. The van der Waals surface area contributed by atoms with E-state index < -0.39 is 5.60 Å². The van der Waals surface area contributed by atoms with Gasteiger partial charge in [-0.3, -0.25) is 0 Å². The Morgan fingerprint density at radius 3 is 2.82 bits per heavy atom. The Labute approximate surface area is 159 Å². The zero-order valence-electron chi connectivity index (χ0n) is 15.3. The van der Waals surface area contributed by atoms with Crippen molar-refractivity contribution in [3.63, 3.8) is 0 Å². The van der Waals surface area contributed by atoms with Crippen molar-refractivity contribution in [2.24, 2.45) is 0 Å². The van der Waals surface area contributed by atoms with Gasteiger partial charge < -0.3 is 14.6 Å². The van der Waals surface area contributed by atoms with Crippen molar-refractivity contribution < 1.29 is 9.63 Å². The highest BCUT2D eigenvalue weighted by molar-refractivity contribution is 5.81. The minimum atomic E-state index is -0.879. The highest BCUT2D eigenvalue weighted by Gasteiger charge is 2.18. The lowest BCUT2D eigenvalue weighted by molar-refractivity contribution is 0.0585. The maximum atomic E-state index is 10.0. The summed E-state index contributed by atoms with van der Waals surface area (Å²) in [6, 6.07) is 11.4. The van der Waals surface area contributed by atoms with Gasteiger partial charge in [0.15, 0.2) is 0 Å². The normalized spacial score (nSPS) is 12.2. The number of aromatic nitrogens is 7. The predicted octanol–water partition coefficient (Wildman–Crippen LogP) is 2.80. The van der Waals surface area contributed by atoms with E-state index in [0.29, 0.717) is 23.8 Å². The number of imidazole rings is 1. The smallest absolute Gasteiger partial charge is 0.258 e. The SMILES string of the molecule is CC(C)(O)Cn1nnc2cc(-c3nc(-c4ccc5nc[nH]c5c4)no3)ccc21. The Morgan fingerprint density at radius 2 is 1.96 bits per heavy atom. The Hall–Kier alpha value is -3.59. The maximum absolute atomic E-state index is 10.0. The molecule has 5 rings (SSSR count). The first-order valence-corrected chi connectivity index (χ1v) is 8.79. The minimum Gasteiger partial charge on any atom is -0.389 e. The molecule has 0 atom stereocenters. The van der Waals surface area contributed by atoms with Crippen molar-refractivity contribution in [2.45, 2.75) is 26.0 Å². The number of nitrogens with zero attached hydrogens (tertiary/aromatic N) is 6. The van der Waals surface area contributed by atoms with Crippen molar-refractivity contribution in [2.75, 3.05) is 0 Å². The molecule has 0 aliphatic heterocycles. The summed E-state index contributed by atoms with van der Waals surface area (Å²) >= 11 is 0. The lowest BCUT2D eigenvalue weighted by Crippen LogP contribution is -2.26. The second-order valence-corrected chi connectivity index (χ2v) is 7.32. The van der Waals surface area contributed by atoms with Crippen LogP contribution < -0.4 is 0 Å². The van der Waals surface area contributed by atoms with E-state index >= 15 is 0 Å². The number of nitrogens with one attached hydrogen (secondary N) is 1. The van der Waals surface area contributed by atoms with E-state index in [4.69, 9.17) is 4.52 Å². The van der Waals surface area contributed by atoms with E-state index in [0.717, 1.165) is 27.7 Å². The van der Waals surface area contributed by atoms with Crippen molar-refractivity contribution in [3.8, 4) is 22.8 Å². The average Bonchev–Trinajstić information content (AvgIpc) is 3.39. The van der Waals surface area contributed by atoms with E-state index in [1.165, 1.54) is 0 Å². The molecule has 9 heteroatoms. The molecule has 28 heavy (non-hydrogen) atoms. The van der Waals surface area contributed by atoms with Crippen LogP contribution in [0.25, 0.3) is 44.9 Å². The molecule has 0 radical (unpaired) electrons. The van der Waals surface area contributed by atoms with Crippen molar-refractivity contribution >= 4 is 22.1 Å². The van der Waals surface area contributed by atoms with Crippen LogP contribution in [0.3, 0.4) is 0 Å². The molecule has 0 amide bonds. The first kappa shape index (κ1) is 16.6. The van der Waals surface area contributed by atoms with Crippen LogP contribution in [0.2, 0.25) is 0 Å². The zero-order valence-corrected chi connectivity index (χ0v) is 15.3. The van der Waals surface area contributed by atoms with Crippen LogP contribution in [0.5, 0.6) is 0 Å². The molecule has 0 fully saturated rings. The number of aliphatic hydroxyl groups is 1. The van der Waals surface area contributed by atoms with Crippen molar-refractivity contribution in [1.29, 1.82) is 0 Å². The number of fused-ring (bicyclic) bond motifs is 2. The zero-order chi connectivity index (χ0) is 19.3. The van der Waals surface area contributed by atoms with Crippen molar-refractivity contribution in [3.05, 3.63) is 42.7 Å². The summed E-state index contributed by atoms with van der Waals surface area (Å²) in [6.07, 6.45) is 1.65. The molecule has 0 aliphatic carbocycles. The van der Waals surface area contributed by atoms with Gasteiger partial charge >= 0.3 is 0 Å². The molecular weight excluding hydrogens is 358 g/mol. The number of hydrogen-bond donors (Lipinski definition) is 2. The third kappa shape index (κ3) is 2.91. The third-order valence-corrected chi connectivity index (χ3v) is 4.40. The Kier molecular flexibility index (Phi) is 3.53. The molecule has 3 aromatic heterocycles. The fourth-order valence-electron chi connectivity index (χ4n) is 3.12. The van der Waals surface area contributed by atoms with E-state index in [1.54, 1.807) is 24.9 Å². The Bertz CT molecular complexity index is 1290. The van der Waals surface area contributed by atoms with Gasteiger partial charge in [0.25, 0.3) is 5.89 Å². The Morgan fingerprint density at radius 1 is 1.11 bits per heavy atom. The number of H-pyrrole nitrogens is 1.